The van der Waals surface area contributed by atoms with E-state index in [0.717, 1.165) is 11.0 Å². The van der Waals surface area contributed by atoms with Crippen molar-refractivity contribution in [3.63, 3.8) is 0 Å². The third-order valence-corrected chi connectivity index (χ3v) is 3.42. The summed E-state index contributed by atoms with van der Waals surface area (Å²) in [6.07, 6.45) is 3.85. The molecule has 4 aromatic rings. The van der Waals surface area contributed by atoms with E-state index in [-0.39, 0.29) is 0 Å². The molecular formula is C16H11BrN2Zn. The molecule has 0 aliphatic rings. The summed E-state index contributed by atoms with van der Waals surface area (Å²) in [7, 11) is 0. The Morgan fingerprint density at radius 1 is 1.20 bits per heavy atom. The van der Waals surface area contributed by atoms with Gasteiger partial charge in [0.05, 0.1) is 5.65 Å². The minimum absolute atomic E-state index is 0.974. The topological polar surface area (TPSA) is 17.3 Å². The summed E-state index contributed by atoms with van der Waals surface area (Å²) in [4.78, 5) is 4.45. The molecule has 0 saturated heterocycles. The summed E-state index contributed by atoms with van der Waals surface area (Å²) in [6.45, 7) is 2.12. The Balaban J connectivity index is 0.000000581. The van der Waals surface area contributed by atoms with Gasteiger partial charge in [0.15, 0.2) is 0 Å². The monoisotopic (exact) mass is 374 g/mol. The van der Waals surface area contributed by atoms with Crippen molar-refractivity contribution in [3.05, 3.63) is 60.4 Å². The molecule has 0 amide bonds. The molecule has 2 nitrogen and oxygen atoms in total. The second-order valence-electron chi connectivity index (χ2n) is 4.60. The third kappa shape index (κ3) is 2.08. The molecule has 0 atom stereocenters. The summed E-state index contributed by atoms with van der Waals surface area (Å²) in [5.74, 6) is 0. The van der Waals surface area contributed by atoms with Crippen molar-refractivity contribution in [1.29, 1.82) is 0 Å². The van der Waals surface area contributed by atoms with E-state index in [9.17, 15) is 0 Å². The third-order valence-electron chi connectivity index (χ3n) is 3.42. The van der Waals surface area contributed by atoms with Crippen LogP contribution in [0.1, 0.15) is 5.56 Å². The van der Waals surface area contributed by atoms with Gasteiger partial charge in [-0.1, -0.05) is 23.1 Å². The van der Waals surface area contributed by atoms with Crippen LogP contribution in [0, 0.1) is 13.0 Å². The fourth-order valence-electron chi connectivity index (χ4n) is 2.60. The van der Waals surface area contributed by atoms with Crippen LogP contribution in [-0.4, -0.2) is 9.38 Å². The second kappa shape index (κ2) is 5.63. The Morgan fingerprint density at radius 3 is 2.90 bits per heavy atom. The quantitative estimate of drug-likeness (QED) is 0.249. The molecule has 0 spiro atoms. The van der Waals surface area contributed by atoms with Crippen LogP contribution < -0.4 is 0 Å². The molecule has 4 rings (SSSR count). The van der Waals surface area contributed by atoms with Crippen molar-refractivity contribution < 1.29 is 16.3 Å². The van der Waals surface area contributed by atoms with Crippen molar-refractivity contribution >= 4 is 40.9 Å². The fraction of sp³-hybridized carbons (Fsp3) is 0.0625. The van der Waals surface area contributed by atoms with Crippen LogP contribution in [0.5, 0.6) is 0 Å². The van der Waals surface area contributed by atoms with Crippen LogP contribution in [0.15, 0.2) is 48.8 Å². The molecule has 0 unspecified atom stereocenters. The summed E-state index contributed by atoms with van der Waals surface area (Å²) in [5.41, 5.74) is 3.44. The Bertz CT molecular complexity index is 899. The number of imidazole rings is 1. The molecule has 0 bridgehead atoms. The Labute approximate surface area is 133 Å². The zero-order chi connectivity index (χ0) is 14.1. The zero-order valence-corrected chi connectivity index (χ0v) is 15.7. The van der Waals surface area contributed by atoms with Crippen LogP contribution in [0.4, 0.5) is 0 Å². The summed E-state index contributed by atoms with van der Waals surface area (Å²) >= 11 is 4.25. The Kier molecular flexibility index (Phi) is 3.86. The first-order chi connectivity index (χ1) is 9.84. The van der Waals surface area contributed by atoms with E-state index < -0.39 is 0 Å². The average Bonchev–Trinajstić information content (AvgIpc) is 2.99. The van der Waals surface area contributed by atoms with Crippen LogP contribution in [-0.2, 0) is 16.3 Å². The summed E-state index contributed by atoms with van der Waals surface area (Å²) in [6, 6.07) is 15.9. The summed E-state index contributed by atoms with van der Waals surface area (Å²) < 4.78 is 2.13. The van der Waals surface area contributed by atoms with Crippen molar-refractivity contribution in [2.75, 3.05) is 0 Å². The normalized spacial score (nSPS) is 10.8. The molecule has 0 radical (unpaired) electrons. The number of hydrogen-bond acceptors (Lipinski definition) is 1. The molecule has 0 saturated carbocycles. The zero-order valence-electron chi connectivity index (χ0n) is 11.1. The maximum atomic E-state index is 4.45. The number of hydrogen-bond donors (Lipinski definition) is 0. The van der Waals surface area contributed by atoms with E-state index in [1.54, 1.807) is 0 Å². The molecule has 2 aromatic carbocycles. The van der Waals surface area contributed by atoms with Gasteiger partial charge in [0.25, 0.3) is 0 Å². The molecule has 0 N–H and O–H groups in total. The summed E-state index contributed by atoms with van der Waals surface area (Å²) in [5, 5.41) is 3.56. The number of nitrogens with zero attached hydrogens (tertiary/aromatic N) is 2. The molecule has 0 fully saturated rings. The van der Waals surface area contributed by atoms with E-state index in [2.05, 4.69) is 60.3 Å². The number of fused-ring (bicyclic) bond motifs is 6. The molecule has 0 aliphatic heterocycles. The second-order valence-corrected chi connectivity index (χ2v) is 4.60. The molecule has 4 heteroatoms. The average molecular weight is 377 g/mol. The van der Waals surface area contributed by atoms with Gasteiger partial charge in [-0.2, -0.15) is 0 Å². The van der Waals surface area contributed by atoms with Crippen LogP contribution >= 0.6 is 13.6 Å². The van der Waals surface area contributed by atoms with Crippen LogP contribution in [0.2, 0.25) is 0 Å². The van der Waals surface area contributed by atoms with Gasteiger partial charge in [-0.05, 0) is 18.4 Å². The number of aromatic nitrogens is 2. The van der Waals surface area contributed by atoms with Crippen molar-refractivity contribution in [2.45, 2.75) is 6.92 Å². The van der Waals surface area contributed by atoms with Crippen LogP contribution in [0.3, 0.4) is 0 Å². The van der Waals surface area contributed by atoms with E-state index in [1.807, 2.05) is 24.5 Å². The van der Waals surface area contributed by atoms with Gasteiger partial charge in [0.2, 0.25) is 0 Å². The number of pyridine rings is 1. The van der Waals surface area contributed by atoms with Gasteiger partial charge in [-0.25, -0.2) is 0 Å². The Morgan fingerprint density at radius 2 is 2.05 bits per heavy atom. The van der Waals surface area contributed by atoms with E-state index >= 15 is 0 Å². The molecular weight excluding hydrogens is 365 g/mol. The molecule has 94 valence electrons. The molecule has 2 heterocycles. The number of aryl methyl sites for hydroxylation is 1. The molecule has 0 aliphatic carbocycles. The van der Waals surface area contributed by atoms with Gasteiger partial charge in [-0.15, -0.1) is 29.7 Å². The van der Waals surface area contributed by atoms with Gasteiger partial charge in [-0.3, -0.25) is 4.98 Å². The van der Waals surface area contributed by atoms with E-state index in [0.29, 0.717) is 0 Å². The van der Waals surface area contributed by atoms with Crippen molar-refractivity contribution in [3.8, 4) is 0 Å². The van der Waals surface area contributed by atoms with Gasteiger partial charge >= 0.3 is 30.0 Å². The first-order valence-corrected chi connectivity index (χ1v) is 13.2. The minimum atomic E-state index is 0.974. The predicted octanol–water partition coefficient (Wildman–Crippen LogP) is 4.59. The molecule has 20 heavy (non-hydrogen) atoms. The predicted molar refractivity (Wildman–Crippen MR) is 82.7 cm³/mol. The van der Waals surface area contributed by atoms with Gasteiger partial charge in [0, 0.05) is 17.9 Å². The number of rotatable bonds is 0. The number of halogens is 1. The van der Waals surface area contributed by atoms with Crippen LogP contribution in [0.25, 0.3) is 27.3 Å². The first kappa shape index (κ1) is 13.7. The maximum absolute atomic E-state index is 4.45. The first-order valence-electron chi connectivity index (χ1n) is 6.27. The molecule has 2 aromatic heterocycles. The number of benzene rings is 2. The van der Waals surface area contributed by atoms with Crippen molar-refractivity contribution in [2.24, 2.45) is 0 Å². The Hall–Kier alpha value is -1.25. The SMILES string of the molecule is Cc1ccc2c(c1)c1ccc[c-]c1c1nccn21.[Zn+][Br]. The van der Waals surface area contributed by atoms with Gasteiger partial charge < -0.3 is 4.40 Å². The van der Waals surface area contributed by atoms with E-state index in [1.165, 1.54) is 38.2 Å². The van der Waals surface area contributed by atoms with Crippen molar-refractivity contribution in [1.82, 2.24) is 9.38 Å². The fourth-order valence-corrected chi connectivity index (χ4v) is 2.60. The standard InChI is InChI=1S/C16H11N2.BrH.Zn/c1-11-6-7-15-14(10-11)12-4-2-3-5-13(12)16-17-8-9-18(15)16;;/h2-4,6-10H,1H3;1H;/q-1;;+2/p-1. The van der Waals surface area contributed by atoms with E-state index in [4.69, 9.17) is 0 Å². The van der Waals surface area contributed by atoms with Gasteiger partial charge in [0.1, 0.15) is 0 Å².